The Labute approximate surface area is 83.8 Å². The third-order valence-electron chi connectivity index (χ3n) is 2.48. The number of aldehydes is 1. The molecule has 0 aliphatic heterocycles. The van der Waals surface area contributed by atoms with E-state index in [9.17, 15) is 4.79 Å². The van der Waals surface area contributed by atoms with Gasteiger partial charge in [0.25, 0.3) is 0 Å². The van der Waals surface area contributed by atoms with Crippen LogP contribution in [-0.2, 0) is 0 Å². The normalized spacial score (nSPS) is 19.6. The lowest BCUT2D eigenvalue weighted by molar-refractivity contribution is 0.112. The molecule has 0 amide bonds. The molecule has 1 nitrogen and oxygen atoms in total. The van der Waals surface area contributed by atoms with Crippen molar-refractivity contribution in [3.63, 3.8) is 0 Å². The summed E-state index contributed by atoms with van der Waals surface area (Å²) in [4.78, 5) is 10.5. The van der Waals surface area contributed by atoms with Gasteiger partial charge in [0.2, 0.25) is 0 Å². The summed E-state index contributed by atoms with van der Waals surface area (Å²) in [6, 6.07) is 7.79. The second-order valence-corrected chi connectivity index (χ2v) is 3.44. The van der Waals surface area contributed by atoms with Gasteiger partial charge in [-0.3, -0.25) is 4.79 Å². The van der Waals surface area contributed by atoms with E-state index in [1.54, 1.807) is 0 Å². The molecule has 0 aromatic heterocycles. The molecule has 1 aliphatic rings. The average Bonchev–Trinajstić information content (AvgIpc) is 2.30. The second-order valence-electron chi connectivity index (χ2n) is 3.44. The largest absolute Gasteiger partial charge is 0.298 e. The van der Waals surface area contributed by atoms with Gasteiger partial charge in [-0.2, -0.15) is 0 Å². The van der Waals surface area contributed by atoms with Crippen molar-refractivity contribution >= 4 is 6.29 Å². The molecular weight excluding hydrogens is 172 g/mol. The zero-order valence-electron chi connectivity index (χ0n) is 7.89. The highest BCUT2D eigenvalue weighted by Gasteiger charge is 2.07. The summed E-state index contributed by atoms with van der Waals surface area (Å²) >= 11 is 0. The third-order valence-corrected chi connectivity index (χ3v) is 2.48. The van der Waals surface area contributed by atoms with Crippen LogP contribution < -0.4 is 0 Å². The van der Waals surface area contributed by atoms with E-state index in [4.69, 9.17) is 0 Å². The molecule has 0 fully saturated rings. The summed E-state index contributed by atoms with van der Waals surface area (Å²) in [5.74, 6) is 0.473. The van der Waals surface area contributed by atoms with Crippen molar-refractivity contribution < 1.29 is 4.79 Å². The van der Waals surface area contributed by atoms with Crippen molar-refractivity contribution in [3.8, 4) is 0 Å². The molecule has 1 atom stereocenters. The van der Waals surface area contributed by atoms with Gasteiger partial charge in [0.15, 0.2) is 0 Å². The Morgan fingerprint density at radius 3 is 2.50 bits per heavy atom. The quantitative estimate of drug-likeness (QED) is 0.645. The molecule has 1 heteroatoms. The molecule has 0 N–H and O–H groups in total. The molecule has 1 unspecified atom stereocenters. The monoisotopic (exact) mass is 184 g/mol. The molecule has 1 aromatic carbocycles. The van der Waals surface area contributed by atoms with Crippen molar-refractivity contribution in [2.45, 2.75) is 12.3 Å². The second kappa shape index (κ2) is 4.05. The number of hydrogen-bond donors (Lipinski definition) is 0. The Kier molecular flexibility index (Phi) is 2.59. The number of allylic oxidation sites excluding steroid dienone is 4. The molecule has 0 bridgehead atoms. The Bertz CT molecular complexity index is 371. The molecule has 0 saturated heterocycles. The third kappa shape index (κ3) is 1.82. The number of rotatable bonds is 2. The molecule has 0 spiro atoms. The van der Waals surface area contributed by atoms with Crippen LogP contribution in [0.5, 0.6) is 0 Å². The highest BCUT2D eigenvalue weighted by molar-refractivity contribution is 5.74. The van der Waals surface area contributed by atoms with E-state index in [1.165, 1.54) is 5.56 Å². The van der Waals surface area contributed by atoms with Crippen LogP contribution in [0.1, 0.15) is 28.3 Å². The highest BCUT2D eigenvalue weighted by Crippen LogP contribution is 2.24. The Morgan fingerprint density at radius 1 is 1.14 bits per heavy atom. The fourth-order valence-electron chi connectivity index (χ4n) is 1.65. The van der Waals surface area contributed by atoms with Crippen LogP contribution in [0, 0.1) is 0 Å². The summed E-state index contributed by atoms with van der Waals surface area (Å²) in [5, 5.41) is 0. The Hall–Kier alpha value is -1.63. The van der Waals surface area contributed by atoms with Crippen LogP contribution in [0.15, 0.2) is 48.6 Å². The van der Waals surface area contributed by atoms with Gasteiger partial charge in [0, 0.05) is 11.5 Å². The zero-order chi connectivity index (χ0) is 9.80. The molecule has 0 heterocycles. The molecule has 0 saturated carbocycles. The SMILES string of the molecule is O=Cc1ccc(C2C=CC=CC2)cc1. The van der Waals surface area contributed by atoms with Gasteiger partial charge in [0.05, 0.1) is 0 Å². The van der Waals surface area contributed by atoms with E-state index in [-0.39, 0.29) is 0 Å². The van der Waals surface area contributed by atoms with E-state index in [0.29, 0.717) is 5.92 Å². The lowest BCUT2D eigenvalue weighted by atomic mass is 9.92. The van der Waals surface area contributed by atoms with Gasteiger partial charge in [0.1, 0.15) is 6.29 Å². The number of hydrogen-bond acceptors (Lipinski definition) is 1. The van der Waals surface area contributed by atoms with Gasteiger partial charge in [-0.05, 0) is 12.0 Å². The Morgan fingerprint density at radius 2 is 1.93 bits per heavy atom. The first-order valence-corrected chi connectivity index (χ1v) is 4.78. The summed E-state index contributed by atoms with van der Waals surface area (Å²) in [7, 11) is 0. The summed E-state index contributed by atoms with van der Waals surface area (Å²) < 4.78 is 0. The molecule has 0 radical (unpaired) electrons. The molecule has 1 aromatic rings. The number of benzene rings is 1. The predicted molar refractivity (Wildman–Crippen MR) is 57.5 cm³/mol. The van der Waals surface area contributed by atoms with Crippen molar-refractivity contribution in [1.29, 1.82) is 0 Å². The zero-order valence-corrected chi connectivity index (χ0v) is 7.89. The first-order chi connectivity index (χ1) is 6.90. The van der Waals surface area contributed by atoms with E-state index < -0.39 is 0 Å². The van der Waals surface area contributed by atoms with Crippen LogP contribution in [0.2, 0.25) is 0 Å². The fourth-order valence-corrected chi connectivity index (χ4v) is 1.65. The van der Waals surface area contributed by atoms with Crippen molar-refractivity contribution in [3.05, 3.63) is 59.7 Å². The van der Waals surface area contributed by atoms with E-state index >= 15 is 0 Å². The summed E-state index contributed by atoms with van der Waals surface area (Å²) in [5.41, 5.74) is 2.01. The summed E-state index contributed by atoms with van der Waals surface area (Å²) in [6.45, 7) is 0. The minimum absolute atomic E-state index is 0.473. The maximum atomic E-state index is 10.5. The lowest BCUT2D eigenvalue weighted by Crippen LogP contribution is -1.96. The van der Waals surface area contributed by atoms with Gasteiger partial charge >= 0.3 is 0 Å². The number of carbonyl (C=O) groups is 1. The van der Waals surface area contributed by atoms with Gasteiger partial charge in [-0.1, -0.05) is 48.6 Å². The average molecular weight is 184 g/mol. The molecule has 1 aliphatic carbocycles. The van der Waals surface area contributed by atoms with Gasteiger partial charge in [-0.15, -0.1) is 0 Å². The molecule has 2 rings (SSSR count). The number of carbonyl (C=O) groups excluding carboxylic acids is 1. The van der Waals surface area contributed by atoms with Crippen molar-refractivity contribution in [2.75, 3.05) is 0 Å². The maximum absolute atomic E-state index is 10.5. The predicted octanol–water partition coefficient (Wildman–Crippen LogP) is 3.10. The highest BCUT2D eigenvalue weighted by atomic mass is 16.1. The topological polar surface area (TPSA) is 17.1 Å². The minimum Gasteiger partial charge on any atom is -0.298 e. The standard InChI is InChI=1S/C13H12O/c14-10-11-6-8-13(9-7-11)12-4-2-1-3-5-12/h1-4,6-10,12H,5H2. The molecular formula is C13H12O. The fraction of sp³-hybridized carbons (Fsp3) is 0.154. The summed E-state index contributed by atoms with van der Waals surface area (Å²) in [6.07, 6.45) is 10.4. The van der Waals surface area contributed by atoms with Crippen LogP contribution >= 0.6 is 0 Å². The minimum atomic E-state index is 0.473. The van der Waals surface area contributed by atoms with E-state index in [0.717, 1.165) is 18.3 Å². The first-order valence-electron chi connectivity index (χ1n) is 4.78. The Balaban J connectivity index is 2.20. The van der Waals surface area contributed by atoms with Crippen LogP contribution in [0.4, 0.5) is 0 Å². The van der Waals surface area contributed by atoms with Gasteiger partial charge < -0.3 is 0 Å². The maximum Gasteiger partial charge on any atom is 0.150 e. The lowest BCUT2D eigenvalue weighted by Gasteiger charge is -2.12. The van der Waals surface area contributed by atoms with E-state index in [2.05, 4.69) is 24.3 Å². The molecule has 70 valence electrons. The van der Waals surface area contributed by atoms with E-state index in [1.807, 2.05) is 24.3 Å². The van der Waals surface area contributed by atoms with Crippen molar-refractivity contribution in [2.24, 2.45) is 0 Å². The van der Waals surface area contributed by atoms with Crippen LogP contribution in [-0.4, -0.2) is 6.29 Å². The van der Waals surface area contributed by atoms with Crippen LogP contribution in [0.3, 0.4) is 0 Å². The smallest absolute Gasteiger partial charge is 0.150 e. The molecule has 14 heavy (non-hydrogen) atoms. The first kappa shape index (κ1) is 8.95. The van der Waals surface area contributed by atoms with Crippen molar-refractivity contribution in [1.82, 2.24) is 0 Å². The van der Waals surface area contributed by atoms with Gasteiger partial charge in [-0.25, -0.2) is 0 Å². The van der Waals surface area contributed by atoms with Crippen LogP contribution in [0.25, 0.3) is 0 Å².